The highest BCUT2D eigenvalue weighted by Gasteiger charge is 2.18. The summed E-state index contributed by atoms with van der Waals surface area (Å²) in [6, 6.07) is 6.62. The highest BCUT2D eigenvalue weighted by Crippen LogP contribution is 2.30. The van der Waals surface area contributed by atoms with E-state index < -0.39 is 23.5 Å². The van der Waals surface area contributed by atoms with E-state index in [-0.39, 0.29) is 0 Å². The van der Waals surface area contributed by atoms with Crippen LogP contribution < -0.4 is 5.32 Å². The van der Waals surface area contributed by atoms with Crippen LogP contribution in [0.15, 0.2) is 36.4 Å². The van der Waals surface area contributed by atoms with E-state index in [0.717, 1.165) is 12.5 Å². The van der Waals surface area contributed by atoms with Crippen molar-refractivity contribution in [2.24, 2.45) is 0 Å². The largest absolute Gasteiger partial charge is 0.306 e. The fourth-order valence-electron chi connectivity index (χ4n) is 2.17. The van der Waals surface area contributed by atoms with E-state index in [2.05, 4.69) is 5.32 Å². The van der Waals surface area contributed by atoms with E-state index in [4.69, 9.17) is 11.6 Å². The van der Waals surface area contributed by atoms with Crippen LogP contribution in [0.5, 0.6) is 0 Å². The van der Waals surface area contributed by atoms with Crippen LogP contribution in [0.2, 0.25) is 5.02 Å². The van der Waals surface area contributed by atoms with Gasteiger partial charge in [0.05, 0.1) is 6.04 Å². The minimum Gasteiger partial charge on any atom is -0.306 e. The van der Waals surface area contributed by atoms with Crippen molar-refractivity contribution in [1.29, 1.82) is 0 Å². The second kappa shape index (κ2) is 6.96. The van der Waals surface area contributed by atoms with Crippen LogP contribution in [0.4, 0.5) is 13.2 Å². The highest BCUT2D eigenvalue weighted by molar-refractivity contribution is 6.31. The minimum absolute atomic E-state index is 0.342. The summed E-state index contributed by atoms with van der Waals surface area (Å²) in [5.41, 5.74) is 0.823. The lowest BCUT2D eigenvalue weighted by atomic mass is 9.98. The van der Waals surface area contributed by atoms with Gasteiger partial charge in [0.2, 0.25) is 0 Å². The SMILES string of the molecule is CCCNC(c1cc(F)cc(F)c1)c1cc(F)ccc1Cl. The van der Waals surface area contributed by atoms with E-state index >= 15 is 0 Å². The van der Waals surface area contributed by atoms with Crippen molar-refractivity contribution in [2.45, 2.75) is 19.4 Å². The maximum Gasteiger partial charge on any atom is 0.126 e. The summed E-state index contributed by atoms with van der Waals surface area (Å²) in [7, 11) is 0. The average molecular weight is 314 g/mol. The van der Waals surface area contributed by atoms with Crippen LogP contribution in [0.3, 0.4) is 0 Å². The summed E-state index contributed by atoms with van der Waals surface area (Å²) in [5.74, 6) is -1.81. The molecule has 2 aromatic carbocycles. The molecular weight excluding hydrogens is 299 g/mol. The van der Waals surface area contributed by atoms with Crippen LogP contribution in [0, 0.1) is 17.5 Å². The Morgan fingerprint density at radius 2 is 1.67 bits per heavy atom. The second-order valence-electron chi connectivity index (χ2n) is 4.76. The van der Waals surface area contributed by atoms with Gasteiger partial charge in [-0.1, -0.05) is 18.5 Å². The zero-order valence-corrected chi connectivity index (χ0v) is 12.2. The number of nitrogens with one attached hydrogen (secondary N) is 1. The molecule has 0 bridgehead atoms. The van der Waals surface area contributed by atoms with E-state index in [9.17, 15) is 13.2 Å². The third-order valence-electron chi connectivity index (χ3n) is 3.09. The van der Waals surface area contributed by atoms with Gasteiger partial charge in [-0.2, -0.15) is 0 Å². The highest BCUT2D eigenvalue weighted by atomic mass is 35.5. The van der Waals surface area contributed by atoms with E-state index in [0.29, 0.717) is 22.7 Å². The minimum atomic E-state index is -0.680. The molecule has 0 saturated carbocycles. The predicted octanol–water partition coefficient (Wildman–Crippen LogP) is 4.85. The number of hydrogen-bond acceptors (Lipinski definition) is 1. The van der Waals surface area contributed by atoms with Crippen molar-refractivity contribution in [3.63, 3.8) is 0 Å². The standard InChI is InChI=1S/C16H15ClF3N/c1-2-5-21-16(10-6-12(19)8-13(20)7-10)14-9-11(18)3-4-15(14)17/h3-4,6-9,16,21H,2,5H2,1H3. The summed E-state index contributed by atoms with van der Waals surface area (Å²) < 4.78 is 40.3. The molecular formula is C16H15ClF3N. The fourth-order valence-corrected chi connectivity index (χ4v) is 2.40. The molecule has 0 saturated heterocycles. The quantitative estimate of drug-likeness (QED) is 0.832. The molecule has 0 aliphatic rings. The molecule has 0 heterocycles. The smallest absolute Gasteiger partial charge is 0.126 e. The van der Waals surface area contributed by atoms with E-state index in [1.165, 1.54) is 30.3 Å². The van der Waals surface area contributed by atoms with Gasteiger partial charge in [-0.25, -0.2) is 13.2 Å². The van der Waals surface area contributed by atoms with Gasteiger partial charge in [0.25, 0.3) is 0 Å². The molecule has 0 spiro atoms. The molecule has 0 aliphatic carbocycles. The third kappa shape index (κ3) is 3.99. The molecule has 1 atom stereocenters. The maximum absolute atomic E-state index is 13.5. The first-order chi connectivity index (χ1) is 10.0. The third-order valence-corrected chi connectivity index (χ3v) is 3.43. The molecule has 0 aliphatic heterocycles. The summed E-state index contributed by atoms with van der Waals surface area (Å²) in [6.45, 7) is 2.57. The summed E-state index contributed by atoms with van der Waals surface area (Å²) in [6.07, 6.45) is 0.821. The summed E-state index contributed by atoms with van der Waals surface area (Å²) in [4.78, 5) is 0. The van der Waals surface area contributed by atoms with Crippen molar-refractivity contribution in [3.8, 4) is 0 Å². The average Bonchev–Trinajstić information content (AvgIpc) is 2.42. The first-order valence-electron chi connectivity index (χ1n) is 6.65. The monoisotopic (exact) mass is 313 g/mol. The first-order valence-corrected chi connectivity index (χ1v) is 7.03. The van der Waals surface area contributed by atoms with Gasteiger partial charge in [0.1, 0.15) is 17.5 Å². The van der Waals surface area contributed by atoms with Gasteiger partial charge in [-0.15, -0.1) is 0 Å². The number of halogens is 4. The Balaban J connectivity index is 2.49. The Labute approximate surface area is 126 Å². The number of rotatable bonds is 5. The Bertz CT molecular complexity index is 611. The molecule has 0 fully saturated rings. The molecule has 1 N–H and O–H groups in total. The van der Waals surface area contributed by atoms with Crippen molar-refractivity contribution in [2.75, 3.05) is 6.54 Å². The molecule has 0 aromatic heterocycles. The fraction of sp³-hybridized carbons (Fsp3) is 0.250. The lowest BCUT2D eigenvalue weighted by Crippen LogP contribution is -2.24. The molecule has 21 heavy (non-hydrogen) atoms. The maximum atomic E-state index is 13.5. The van der Waals surface area contributed by atoms with Crippen molar-refractivity contribution >= 4 is 11.6 Å². The molecule has 2 rings (SSSR count). The molecule has 2 aromatic rings. The lowest BCUT2D eigenvalue weighted by Gasteiger charge is -2.21. The number of benzene rings is 2. The Morgan fingerprint density at radius 1 is 1.00 bits per heavy atom. The molecule has 0 radical (unpaired) electrons. The topological polar surface area (TPSA) is 12.0 Å². The first kappa shape index (κ1) is 15.9. The van der Waals surface area contributed by atoms with Crippen LogP contribution in [0.25, 0.3) is 0 Å². The molecule has 1 nitrogen and oxygen atoms in total. The predicted molar refractivity (Wildman–Crippen MR) is 77.9 cm³/mol. The number of hydrogen-bond donors (Lipinski definition) is 1. The molecule has 112 valence electrons. The van der Waals surface area contributed by atoms with Gasteiger partial charge in [0, 0.05) is 11.1 Å². The molecule has 0 amide bonds. The lowest BCUT2D eigenvalue weighted by molar-refractivity contribution is 0.556. The molecule has 5 heteroatoms. The Kier molecular flexibility index (Phi) is 5.26. The van der Waals surface area contributed by atoms with Crippen LogP contribution in [-0.2, 0) is 0 Å². The van der Waals surface area contributed by atoms with Crippen molar-refractivity contribution in [3.05, 3.63) is 70.0 Å². The zero-order valence-electron chi connectivity index (χ0n) is 11.5. The van der Waals surface area contributed by atoms with Crippen molar-refractivity contribution in [1.82, 2.24) is 5.32 Å². The molecule has 1 unspecified atom stereocenters. The Hall–Kier alpha value is -1.52. The van der Waals surface area contributed by atoms with Crippen LogP contribution >= 0.6 is 11.6 Å². The van der Waals surface area contributed by atoms with Gasteiger partial charge in [-0.3, -0.25) is 0 Å². The zero-order chi connectivity index (χ0) is 15.4. The van der Waals surface area contributed by atoms with E-state index in [1.807, 2.05) is 6.92 Å². The van der Waals surface area contributed by atoms with Gasteiger partial charge in [-0.05, 0) is 54.4 Å². The second-order valence-corrected chi connectivity index (χ2v) is 5.16. The van der Waals surface area contributed by atoms with Crippen molar-refractivity contribution < 1.29 is 13.2 Å². The normalized spacial score (nSPS) is 12.4. The Morgan fingerprint density at radius 3 is 2.29 bits per heavy atom. The van der Waals surface area contributed by atoms with Gasteiger partial charge < -0.3 is 5.32 Å². The summed E-state index contributed by atoms with van der Waals surface area (Å²) >= 11 is 6.11. The van der Waals surface area contributed by atoms with E-state index in [1.54, 1.807) is 0 Å². The van der Waals surface area contributed by atoms with Gasteiger partial charge in [0.15, 0.2) is 0 Å². The summed E-state index contributed by atoms with van der Waals surface area (Å²) in [5, 5.41) is 3.48. The van der Waals surface area contributed by atoms with Crippen LogP contribution in [-0.4, -0.2) is 6.54 Å². The van der Waals surface area contributed by atoms with Gasteiger partial charge >= 0.3 is 0 Å². The van der Waals surface area contributed by atoms with Crippen LogP contribution in [0.1, 0.15) is 30.5 Å².